The van der Waals surface area contributed by atoms with Gasteiger partial charge < -0.3 is 9.84 Å². The average Bonchev–Trinajstić information content (AvgIpc) is 3.15. The van der Waals surface area contributed by atoms with Crippen molar-refractivity contribution >= 4 is 28.2 Å². The van der Waals surface area contributed by atoms with Gasteiger partial charge in [-0.2, -0.15) is 0 Å². The van der Waals surface area contributed by atoms with Gasteiger partial charge in [-0.3, -0.25) is 19.7 Å². The molecule has 1 heterocycles. The van der Waals surface area contributed by atoms with E-state index in [0.717, 1.165) is 28.1 Å². The van der Waals surface area contributed by atoms with E-state index in [4.69, 9.17) is 9.72 Å². The Morgan fingerprint density at radius 1 is 0.878 bits per heavy atom. The molecule has 8 heteroatoms. The standard InChI is InChI=1S/C33H32N2O6/c1-32(2,3)23-14-18(15-24(31(23)38)33(4,5)6)17-41-26-9-7-8-19-10-13-25(34-28(19)26)27-29(36)21-12-11-20(35(39)40)16-22(21)30(27)37/h7-16,27,38H,17H2,1-6H3. The number of nitrogens with zero attached hydrogens (tertiary/aromatic N) is 2. The summed E-state index contributed by atoms with van der Waals surface area (Å²) in [5.74, 6) is -1.34. The maximum absolute atomic E-state index is 13.2. The lowest BCUT2D eigenvalue weighted by atomic mass is 9.78. The average molecular weight is 553 g/mol. The van der Waals surface area contributed by atoms with E-state index in [-0.39, 0.29) is 39.9 Å². The van der Waals surface area contributed by atoms with Crippen LogP contribution in [0.25, 0.3) is 10.9 Å². The second kappa shape index (κ2) is 9.80. The monoisotopic (exact) mass is 552 g/mol. The number of fused-ring (bicyclic) bond motifs is 2. The number of hydrogen-bond donors (Lipinski definition) is 1. The number of nitro groups is 1. The highest BCUT2D eigenvalue weighted by Crippen LogP contribution is 2.40. The van der Waals surface area contributed by atoms with Gasteiger partial charge in [0.05, 0.1) is 10.6 Å². The van der Waals surface area contributed by atoms with Gasteiger partial charge in [0.2, 0.25) is 0 Å². The lowest BCUT2D eigenvalue weighted by Crippen LogP contribution is -2.18. The molecule has 4 aromatic rings. The molecule has 210 valence electrons. The molecule has 5 rings (SSSR count). The summed E-state index contributed by atoms with van der Waals surface area (Å²) in [4.78, 5) is 41.7. The van der Waals surface area contributed by atoms with Crippen LogP contribution in [0.2, 0.25) is 0 Å². The summed E-state index contributed by atoms with van der Waals surface area (Å²) in [7, 11) is 0. The van der Waals surface area contributed by atoms with Gasteiger partial charge in [-0.25, -0.2) is 4.98 Å². The molecule has 0 fully saturated rings. The van der Waals surface area contributed by atoms with Gasteiger partial charge >= 0.3 is 0 Å². The number of Topliss-reactive ketones (excluding diaryl/α,β-unsaturated/α-hetero) is 2. The lowest BCUT2D eigenvalue weighted by Gasteiger charge is -2.28. The number of pyridine rings is 1. The molecule has 8 nitrogen and oxygen atoms in total. The van der Waals surface area contributed by atoms with Crippen LogP contribution in [0.1, 0.15) is 90.6 Å². The van der Waals surface area contributed by atoms with Gasteiger partial charge in [-0.1, -0.05) is 59.7 Å². The fraction of sp³-hybridized carbons (Fsp3) is 0.303. The maximum Gasteiger partial charge on any atom is 0.270 e. The fourth-order valence-corrected chi connectivity index (χ4v) is 5.26. The van der Waals surface area contributed by atoms with E-state index in [1.54, 1.807) is 18.2 Å². The first-order valence-corrected chi connectivity index (χ1v) is 13.4. The highest BCUT2D eigenvalue weighted by Gasteiger charge is 2.41. The zero-order chi connectivity index (χ0) is 29.9. The summed E-state index contributed by atoms with van der Waals surface area (Å²) < 4.78 is 6.27. The Labute approximate surface area is 238 Å². The first-order valence-electron chi connectivity index (χ1n) is 13.4. The van der Waals surface area contributed by atoms with Gasteiger partial charge in [0.1, 0.15) is 29.5 Å². The number of aromatic hydroxyl groups is 1. The number of rotatable bonds is 5. The summed E-state index contributed by atoms with van der Waals surface area (Å²) in [5, 5.41) is 23.0. The van der Waals surface area contributed by atoms with Crippen LogP contribution in [-0.4, -0.2) is 26.6 Å². The van der Waals surface area contributed by atoms with Gasteiger partial charge in [-0.05, 0) is 57.9 Å². The van der Waals surface area contributed by atoms with Gasteiger partial charge in [-0.15, -0.1) is 0 Å². The molecule has 0 bridgehead atoms. The van der Waals surface area contributed by atoms with E-state index < -0.39 is 22.4 Å². The maximum atomic E-state index is 13.2. The van der Waals surface area contributed by atoms with E-state index in [0.29, 0.717) is 17.0 Å². The molecule has 0 saturated carbocycles. The Hall–Kier alpha value is -4.59. The molecule has 1 atom stereocenters. The number of phenolic OH excluding ortho intramolecular Hbond substituents is 1. The van der Waals surface area contributed by atoms with Crippen LogP contribution in [0.15, 0.2) is 60.7 Å². The van der Waals surface area contributed by atoms with E-state index in [9.17, 15) is 24.8 Å². The molecule has 0 saturated heterocycles. The van der Waals surface area contributed by atoms with Crippen molar-refractivity contribution in [2.75, 3.05) is 0 Å². The van der Waals surface area contributed by atoms with E-state index in [1.807, 2.05) is 24.3 Å². The Bertz CT molecular complexity index is 1710. The van der Waals surface area contributed by atoms with Crippen LogP contribution in [0.5, 0.6) is 11.5 Å². The number of aromatic nitrogens is 1. The molecule has 1 aliphatic rings. The molecule has 1 aromatic heterocycles. The number of phenols is 1. The first kappa shape index (κ1) is 28.0. The third kappa shape index (κ3) is 5.06. The van der Waals surface area contributed by atoms with Gasteiger partial charge in [0.15, 0.2) is 11.6 Å². The third-order valence-electron chi connectivity index (χ3n) is 7.45. The largest absolute Gasteiger partial charge is 0.507 e. The smallest absolute Gasteiger partial charge is 0.270 e. The Morgan fingerprint density at radius 2 is 1.51 bits per heavy atom. The van der Waals surface area contributed by atoms with Crippen molar-refractivity contribution in [1.29, 1.82) is 0 Å². The Morgan fingerprint density at radius 3 is 2.12 bits per heavy atom. The molecule has 1 N–H and O–H groups in total. The zero-order valence-corrected chi connectivity index (χ0v) is 23.9. The number of para-hydroxylation sites is 1. The molecule has 0 spiro atoms. The van der Waals surface area contributed by atoms with Crippen molar-refractivity contribution in [2.24, 2.45) is 0 Å². The van der Waals surface area contributed by atoms with Crippen molar-refractivity contribution in [3.05, 3.63) is 104 Å². The quantitative estimate of drug-likeness (QED) is 0.158. The van der Waals surface area contributed by atoms with Gasteiger partial charge in [0.25, 0.3) is 5.69 Å². The SMILES string of the molecule is CC(C)(C)c1cc(COc2cccc3ccc(C4C(=O)c5ccc([N+](=O)[O-])cc5C4=O)nc23)cc(C(C)(C)C)c1O. The molecule has 0 radical (unpaired) electrons. The van der Waals surface area contributed by atoms with E-state index in [1.165, 1.54) is 12.1 Å². The summed E-state index contributed by atoms with van der Waals surface area (Å²) in [6.07, 6.45) is 0. The van der Waals surface area contributed by atoms with Gasteiger partial charge in [0, 0.05) is 28.6 Å². The summed E-state index contributed by atoms with van der Waals surface area (Å²) in [6.45, 7) is 12.5. The number of carbonyl (C=O) groups is 2. The lowest BCUT2D eigenvalue weighted by molar-refractivity contribution is -0.384. The number of non-ortho nitro benzene ring substituents is 1. The van der Waals surface area contributed by atoms with Crippen LogP contribution in [0.4, 0.5) is 5.69 Å². The summed E-state index contributed by atoms with van der Waals surface area (Å²) in [6, 6.07) is 16.5. The highest BCUT2D eigenvalue weighted by atomic mass is 16.6. The molecule has 0 amide bonds. The second-order valence-electron chi connectivity index (χ2n) is 12.5. The van der Waals surface area contributed by atoms with Crippen LogP contribution in [0.3, 0.4) is 0 Å². The minimum absolute atomic E-state index is 0.0391. The number of ether oxygens (including phenoxy) is 1. The molecule has 41 heavy (non-hydrogen) atoms. The molecule has 3 aromatic carbocycles. The molecule has 0 aliphatic heterocycles. The van der Waals surface area contributed by atoms with Crippen molar-refractivity contribution in [1.82, 2.24) is 4.98 Å². The first-order chi connectivity index (χ1) is 19.2. The van der Waals surface area contributed by atoms with Crippen molar-refractivity contribution in [3.63, 3.8) is 0 Å². The molecular weight excluding hydrogens is 520 g/mol. The van der Waals surface area contributed by atoms with Crippen LogP contribution >= 0.6 is 0 Å². The van der Waals surface area contributed by atoms with Crippen LogP contribution in [0, 0.1) is 10.1 Å². The fourth-order valence-electron chi connectivity index (χ4n) is 5.26. The molecule has 1 unspecified atom stereocenters. The predicted molar refractivity (Wildman–Crippen MR) is 156 cm³/mol. The molecule has 1 aliphatic carbocycles. The predicted octanol–water partition coefficient (Wildman–Crippen LogP) is 7.19. The topological polar surface area (TPSA) is 120 Å². The van der Waals surface area contributed by atoms with E-state index >= 15 is 0 Å². The number of nitro benzene ring substituents is 1. The number of benzene rings is 3. The summed E-state index contributed by atoms with van der Waals surface area (Å²) in [5.41, 5.74) is 2.71. The number of hydrogen-bond acceptors (Lipinski definition) is 7. The minimum Gasteiger partial charge on any atom is -0.507 e. The highest BCUT2D eigenvalue weighted by molar-refractivity contribution is 6.29. The Kier molecular flexibility index (Phi) is 6.68. The summed E-state index contributed by atoms with van der Waals surface area (Å²) >= 11 is 0. The Balaban J connectivity index is 1.50. The third-order valence-corrected chi connectivity index (χ3v) is 7.45. The second-order valence-corrected chi connectivity index (χ2v) is 12.5. The number of carbonyl (C=O) groups excluding carboxylic acids is 2. The van der Waals surface area contributed by atoms with Crippen molar-refractivity contribution in [2.45, 2.75) is 64.9 Å². The number of ketones is 2. The van der Waals surface area contributed by atoms with Crippen molar-refractivity contribution < 1.29 is 24.4 Å². The van der Waals surface area contributed by atoms with Crippen LogP contribution in [-0.2, 0) is 17.4 Å². The zero-order valence-electron chi connectivity index (χ0n) is 23.9. The minimum atomic E-state index is -1.18. The molecular formula is C33H32N2O6. The normalized spacial score (nSPS) is 15.3. The van der Waals surface area contributed by atoms with Crippen LogP contribution < -0.4 is 4.74 Å². The van der Waals surface area contributed by atoms with Crippen molar-refractivity contribution in [3.8, 4) is 11.5 Å². The van der Waals surface area contributed by atoms with E-state index in [2.05, 4.69) is 41.5 Å².